The first kappa shape index (κ1) is 18.5. The molecule has 2 aromatic carbocycles. The van der Waals surface area contributed by atoms with E-state index >= 15 is 0 Å². The Labute approximate surface area is 149 Å². The van der Waals surface area contributed by atoms with Gasteiger partial charge in [-0.05, 0) is 42.7 Å². The number of hydrogen-bond donors (Lipinski definition) is 1. The van der Waals surface area contributed by atoms with Gasteiger partial charge in [-0.15, -0.1) is 0 Å². The second kappa shape index (κ2) is 10.1. The molecule has 0 fully saturated rings. The number of nitrogens with one attached hydrogen (secondary N) is 1. The quantitative estimate of drug-likeness (QED) is 0.414. The zero-order valence-electron chi connectivity index (χ0n) is 14.6. The van der Waals surface area contributed by atoms with Gasteiger partial charge in [0.1, 0.15) is 12.4 Å². The van der Waals surface area contributed by atoms with E-state index in [1.165, 1.54) is 0 Å². The molecule has 0 bridgehead atoms. The predicted octanol–water partition coefficient (Wildman–Crippen LogP) is 4.58. The highest BCUT2D eigenvalue weighted by Crippen LogP contribution is 2.12. The maximum atomic E-state index is 12.3. The number of hydrazone groups is 1. The summed E-state index contributed by atoms with van der Waals surface area (Å²) in [6, 6.07) is 16.9. The van der Waals surface area contributed by atoms with E-state index in [0.717, 1.165) is 30.5 Å². The number of hydrogen-bond acceptors (Lipinski definition) is 3. The zero-order chi connectivity index (χ0) is 17.9. The van der Waals surface area contributed by atoms with Crippen LogP contribution in [0.1, 0.15) is 42.1 Å². The van der Waals surface area contributed by atoms with Crippen LogP contribution in [-0.2, 0) is 0 Å². The minimum atomic E-state index is -0.236. The first-order valence-electron chi connectivity index (χ1n) is 8.50. The van der Waals surface area contributed by atoms with E-state index in [-0.39, 0.29) is 5.91 Å². The van der Waals surface area contributed by atoms with Crippen LogP contribution in [0.5, 0.6) is 5.75 Å². The summed E-state index contributed by atoms with van der Waals surface area (Å²) >= 11 is 0. The maximum Gasteiger partial charge on any atom is 0.271 e. The summed E-state index contributed by atoms with van der Waals surface area (Å²) in [5.41, 5.74) is 5.12. The van der Waals surface area contributed by atoms with Gasteiger partial charge in [0.2, 0.25) is 0 Å². The van der Waals surface area contributed by atoms with E-state index in [1.807, 2.05) is 30.3 Å². The molecule has 4 nitrogen and oxygen atoms in total. The van der Waals surface area contributed by atoms with Gasteiger partial charge in [0.15, 0.2) is 0 Å². The van der Waals surface area contributed by atoms with Crippen LogP contribution in [0, 0.1) is 0 Å². The van der Waals surface area contributed by atoms with Gasteiger partial charge >= 0.3 is 0 Å². The lowest BCUT2D eigenvalue weighted by molar-refractivity contribution is 0.0954. The average molecular weight is 336 g/mol. The summed E-state index contributed by atoms with van der Waals surface area (Å²) in [6.45, 7) is 6.18. The lowest BCUT2D eigenvalue weighted by Gasteiger charge is -2.08. The standard InChI is InChI=1S/C21H24N2O2/c1-3-5-11-20(17-9-7-6-8-10-17)22-23-21(24)18-12-14-19(15-13-18)25-16-4-2/h4,6-10,12-15H,2-3,5,11,16H2,1H3,(H,23,24). The van der Waals surface area contributed by atoms with E-state index < -0.39 is 0 Å². The number of unbranched alkanes of at least 4 members (excludes halogenated alkanes) is 1. The van der Waals surface area contributed by atoms with Gasteiger partial charge in [0.05, 0.1) is 5.71 Å². The van der Waals surface area contributed by atoms with E-state index in [4.69, 9.17) is 4.74 Å². The minimum Gasteiger partial charge on any atom is -0.490 e. The van der Waals surface area contributed by atoms with Crippen LogP contribution in [-0.4, -0.2) is 18.2 Å². The molecule has 4 heteroatoms. The summed E-state index contributed by atoms with van der Waals surface area (Å²) < 4.78 is 5.41. The van der Waals surface area contributed by atoms with E-state index in [1.54, 1.807) is 30.3 Å². The van der Waals surface area contributed by atoms with E-state index in [2.05, 4.69) is 24.0 Å². The monoisotopic (exact) mass is 336 g/mol. The van der Waals surface area contributed by atoms with Crippen molar-refractivity contribution in [1.82, 2.24) is 5.43 Å². The molecular formula is C21H24N2O2. The molecule has 0 aliphatic heterocycles. The first-order chi connectivity index (χ1) is 12.2. The molecule has 0 spiro atoms. The largest absolute Gasteiger partial charge is 0.490 e. The molecular weight excluding hydrogens is 312 g/mol. The average Bonchev–Trinajstić information content (AvgIpc) is 2.67. The van der Waals surface area contributed by atoms with Crippen LogP contribution >= 0.6 is 0 Å². The fraction of sp³-hybridized carbons (Fsp3) is 0.238. The fourth-order valence-electron chi connectivity index (χ4n) is 2.28. The normalized spacial score (nSPS) is 11.0. The van der Waals surface area contributed by atoms with Crippen molar-refractivity contribution in [2.75, 3.05) is 6.61 Å². The minimum absolute atomic E-state index is 0.236. The van der Waals surface area contributed by atoms with E-state index in [0.29, 0.717) is 17.9 Å². The van der Waals surface area contributed by atoms with Crippen LogP contribution in [0.2, 0.25) is 0 Å². The van der Waals surface area contributed by atoms with Gasteiger partial charge in [-0.25, -0.2) is 5.43 Å². The number of rotatable bonds is 9. The summed E-state index contributed by atoms with van der Waals surface area (Å²) in [6.07, 6.45) is 4.61. The van der Waals surface area contributed by atoms with Crippen LogP contribution < -0.4 is 10.2 Å². The molecule has 0 atom stereocenters. The summed E-state index contributed by atoms with van der Waals surface area (Å²) in [5, 5.41) is 4.35. The fourth-order valence-corrected chi connectivity index (χ4v) is 2.28. The number of carbonyl (C=O) groups is 1. The molecule has 0 aliphatic rings. The molecule has 0 heterocycles. The third kappa shape index (κ3) is 5.92. The topological polar surface area (TPSA) is 50.7 Å². The number of ether oxygens (including phenoxy) is 1. The summed E-state index contributed by atoms with van der Waals surface area (Å²) in [4.78, 5) is 12.3. The Morgan fingerprint density at radius 2 is 1.84 bits per heavy atom. The van der Waals surface area contributed by atoms with Gasteiger partial charge in [-0.2, -0.15) is 5.10 Å². The molecule has 0 radical (unpaired) electrons. The molecule has 0 saturated carbocycles. The van der Waals surface area contributed by atoms with Gasteiger partial charge in [0.25, 0.3) is 5.91 Å². The third-order valence-electron chi connectivity index (χ3n) is 3.65. The van der Waals surface area contributed by atoms with Crippen LogP contribution in [0.3, 0.4) is 0 Å². The van der Waals surface area contributed by atoms with Gasteiger partial charge in [-0.1, -0.05) is 56.3 Å². The summed E-state index contributed by atoms with van der Waals surface area (Å²) in [5.74, 6) is 0.466. The van der Waals surface area contributed by atoms with Crippen molar-refractivity contribution in [2.24, 2.45) is 5.10 Å². The van der Waals surface area contributed by atoms with Gasteiger partial charge in [0, 0.05) is 5.56 Å². The van der Waals surface area contributed by atoms with Crippen LogP contribution in [0.4, 0.5) is 0 Å². The highest BCUT2D eigenvalue weighted by atomic mass is 16.5. The van der Waals surface area contributed by atoms with Crippen molar-refractivity contribution in [1.29, 1.82) is 0 Å². The van der Waals surface area contributed by atoms with Crippen molar-refractivity contribution < 1.29 is 9.53 Å². The molecule has 1 amide bonds. The Morgan fingerprint density at radius 1 is 1.12 bits per heavy atom. The van der Waals surface area contributed by atoms with Gasteiger partial charge in [-0.3, -0.25) is 4.79 Å². The van der Waals surface area contributed by atoms with Crippen LogP contribution in [0.25, 0.3) is 0 Å². The number of benzene rings is 2. The Morgan fingerprint density at radius 3 is 2.48 bits per heavy atom. The lowest BCUT2D eigenvalue weighted by Crippen LogP contribution is -2.20. The highest BCUT2D eigenvalue weighted by Gasteiger charge is 2.07. The Kier molecular flexibility index (Phi) is 7.44. The number of nitrogens with zero attached hydrogens (tertiary/aromatic N) is 1. The second-order valence-electron chi connectivity index (χ2n) is 5.59. The SMILES string of the molecule is C=CCOc1ccc(C(=O)NN=C(CCCC)c2ccccc2)cc1. The number of amides is 1. The molecule has 2 aromatic rings. The van der Waals surface area contributed by atoms with Crippen molar-refractivity contribution in [3.05, 3.63) is 78.4 Å². The van der Waals surface area contributed by atoms with Crippen molar-refractivity contribution in [3.63, 3.8) is 0 Å². The smallest absolute Gasteiger partial charge is 0.271 e. The van der Waals surface area contributed by atoms with E-state index in [9.17, 15) is 4.79 Å². The van der Waals surface area contributed by atoms with Gasteiger partial charge < -0.3 is 4.74 Å². The molecule has 130 valence electrons. The Bertz CT molecular complexity index is 706. The molecule has 1 N–H and O–H groups in total. The highest BCUT2D eigenvalue weighted by molar-refractivity contribution is 6.02. The molecule has 25 heavy (non-hydrogen) atoms. The zero-order valence-corrected chi connectivity index (χ0v) is 14.6. The van der Waals surface area contributed by atoms with Crippen LogP contribution in [0.15, 0.2) is 72.4 Å². The van der Waals surface area contributed by atoms with Crippen molar-refractivity contribution in [2.45, 2.75) is 26.2 Å². The second-order valence-corrected chi connectivity index (χ2v) is 5.59. The maximum absolute atomic E-state index is 12.3. The molecule has 2 rings (SSSR count). The lowest BCUT2D eigenvalue weighted by atomic mass is 10.1. The number of carbonyl (C=O) groups excluding carboxylic acids is 1. The molecule has 0 saturated heterocycles. The first-order valence-corrected chi connectivity index (χ1v) is 8.50. The molecule has 0 aromatic heterocycles. The van der Waals surface area contributed by atoms with Crippen molar-refractivity contribution in [3.8, 4) is 5.75 Å². The van der Waals surface area contributed by atoms with Crippen molar-refractivity contribution >= 4 is 11.6 Å². The predicted molar refractivity (Wildman–Crippen MR) is 102 cm³/mol. The Hall–Kier alpha value is -2.88. The molecule has 0 unspecified atom stereocenters. The third-order valence-corrected chi connectivity index (χ3v) is 3.65. The Balaban J connectivity index is 2.05. The summed E-state index contributed by atoms with van der Waals surface area (Å²) in [7, 11) is 0. The molecule has 0 aliphatic carbocycles.